The quantitative estimate of drug-likeness (QED) is 0.399. The van der Waals surface area contributed by atoms with Crippen LogP contribution >= 0.6 is 7.60 Å². The van der Waals surface area contributed by atoms with E-state index in [4.69, 9.17) is 9.79 Å². The highest BCUT2D eigenvalue weighted by Crippen LogP contribution is 2.29. The molecule has 3 N–H and O–H groups in total. The molecule has 1 aromatic rings. The lowest BCUT2D eigenvalue weighted by Crippen LogP contribution is -2.08. The van der Waals surface area contributed by atoms with Crippen molar-refractivity contribution in [3.8, 4) is 0 Å². The maximum absolute atomic E-state index is 10.2. The first-order chi connectivity index (χ1) is 4.11. The molecule has 50 valence electrons. The van der Waals surface area contributed by atoms with Crippen LogP contribution in [0.25, 0.3) is 0 Å². The zero-order valence-electron chi connectivity index (χ0n) is 4.09. The highest BCUT2D eigenvalue weighted by molar-refractivity contribution is 7.59. The van der Waals surface area contributed by atoms with Crippen LogP contribution in [0, 0.1) is 0 Å². The second kappa shape index (κ2) is 1.87. The maximum Gasteiger partial charge on any atom is 0.394 e. The molecule has 0 saturated carbocycles. The van der Waals surface area contributed by atoms with E-state index in [-0.39, 0.29) is 0 Å². The summed E-state index contributed by atoms with van der Waals surface area (Å²) in [5.74, 6) is 0. The molecule has 0 aliphatic carbocycles. The van der Waals surface area contributed by atoms with Crippen LogP contribution in [0.1, 0.15) is 0 Å². The van der Waals surface area contributed by atoms with Gasteiger partial charge in [-0.05, 0) is 10.4 Å². The van der Waals surface area contributed by atoms with Crippen molar-refractivity contribution in [1.82, 2.24) is 20.6 Å². The Labute approximate surface area is 49.3 Å². The number of nitrogens with zero attached hydrogens (tertiary/aromatic N) is 3. The third kappa shape index (κ3) is 1.32. The van der Waals surface area contributed by atoms with Gasteiger partial charge < -0.3 is 9.79 Å². The Morgan fingerprint density at radius 2 is 2.22 bits per heavy atom. The van der Waals surface area contributed by atoms with E-state index in [1.807, 2.05) is 5.10 Å². The van der Waals surface area contributed by atoms with Gasteiger partial charge in [0.05, 0.1) is 0 Å². The van der Waals surface area contributed by atoms with Gasteiger partial charge in [0, 0.05) is 0 Å². The number of hydrogen-bond donors (Lipinski definition) is 3. The molecule has 0 radical (unpaired) electrons. The van der Waals surface area contributed by atoms with Gasteiger partial charge in [-0.1, -0.05) is 0 Å². The Hall–Kier alpha value is -0.780. The Bertz CT molecular complexity index is 224. The normalized spacial score (nSPS) is 11.8. The van der Waals surface area contributed by atoms with Crippen molar-refractivity contribution in [2.75, 3.05) is 0 Å². The van der Waals surface area contributed by atoms with E-state index in [0.717, 1.165) is 0 Å². The zero-order valence-corrected chi connectivity index (χ0v) is 4.99. The number of rotatable bonds is 1. The van der Waals surface area contributed by atoms with E-state index in [2.05, 4.69) is 15.5 Å². The summed E-state index contributed by atoms with van der Waals surface area (Å²) >= 11 is 0. The minimum absolute atomic E-state index is 0.512. The predicted molar refractivity (Wildman–Crippen MR) is 25.9 cm³/mol. The lowest BCUT2D eigenvalue weighted by molar-refractivity contribution is 0.385. The predicted octanol–water partition coefficient (Wildman–Crippen LogP) is -2.00. The van der Waals surface area contributed by atoms with E-state index in [0.29, 0.717) is 0 Å². The average Bonchev–Trinajstić information content (AvgIpc) is 2.08. The van der Waals surface area contributed by atoms with Gasteiger partial charge in [-0.15, -0.1) is 5.10 Å². The second-order valence-corrected chi connectivity index (χ2v) is 2.78. The summed E-state index contributed by atoms with van der Waals surface area (Å²) in [6.45, 7) is 0. The molecule has 1 aromatic heterocycles. The molecule has 0 aliphatic heterocycles. The smallest absolute Gasteiger partial charge is 0.319 e. The van der Waals surface area contributed by atoms with Gasteiger partial charge in [0.25, 0.3) is 5.57 Å². The third-order valence-electron chi connectivity index (χ3n) is 0.610. The first kappa shape index (κ1) is 6.34. The maximum atomic E-state index is 10.2. The molecule has 0 saturated heterocycles. The monoisotopic (exact) mass is 150 g/mol. The summed E-state index contributed by atoms with van der Waals surface area (Å²) in [6, 6.07) is 0. The molecular weight excluding hydrogens is 147 g/mol. The van der Waals surface area contributed by atoms with Gasteiger partial charge in [-0.25, -0.2) is 5.10 Å². The van der Waals surface area contributed by atoms with Crippen LogP contribution in [-0.4, -0.2) is 30.4 Å². The minimum Gasteiger partial charge on any atom is -0.319 e. The van der Waals surface area contributed by atoms with Crippen LogP contribution in [0.5, 0.6) is 0 Å². The largest absolute Gasteiger partial charge is 0.394 e. The molecule has 0 aliphatic rings. The van der Waals surface area contributed by atoms with E-state index in [1.165, 1.54) is 0 Å². The third-order valence-corrected chi connectivity index (χ3v) is 1.35. The number of nitrogens with one attached hydrogen (secondary N) is 1. The van der Waals surface area contributed by atoms with E-state index in [9.17, 15) is 4.57 Å². The highest BCUT2D eigenvalue weighted by atomic mass is 31.2. The van der Waals surface area contributed by atoms with Crippen molar-refractivity contribution in [2.45, 2.75) is 0 Å². The number of hydrogen-bond acceptors (Lipinski definition) is 4. The fourth-order valence-corrected chi connectivity index (χ4v) is 0.609. The molecule has 0 aromatic carbocycles. The van der Waals surface area contributed by atoms with Crippen molar-refractivity contribution in [2.24, 2.45) is 0 Å². The van der Waals surface area contributed by atoms with Gasteiger partial charge in [-0.3, -0.25) is 4.57 Å². The first-order valence-corrected chi connectivity index (χ1v) is 3.52. The molecule has 7 nitrogen and oxygen atoms in total. The Morgan fingerprint density at radius 1 is 1.56 bits per heavy atom. The van der Waals surface area contributed by atoms with Crippen LogP contribution in [0.3, 0.4) is 0 Å². The summed E-state index contributed by atoms with van der Waals surface area (Å²) in [4.78, 5) is 16.6. The Balaban J connectivity index is 3.04. The van der Waals surface area contributed by atoms with E-state index in [1.54, 1.807) is 0 Å². The molecule has 0 fully saturated rings. The molecule has 9 heavy (non-hydrogen) atoms. The summed E-state index contributed by atoms with van der Waals surface area (Å²) < 4.78 is 10.2. The van der Waals surface area contributed by atoms with Crippen LogP contribution in [0.2, 0.25) is 0 Å². The Kier molecular flexibility index (Phi) is 1.32. The van der Waals surface area contributed by atoms with Crippen LogP contribution in [0.15, 0.2) is 0 Å². The zero-order chi connectivity index (χ0) is 6.91. The molecule has 0 spiro atoms. The summed E-state index contributed by atoms with van der Waals surface area (Å²) in [5.41, 5.74) is -0.512. The summed E-state index contributed by atoms with van der Waals surface area (Å²) in [7, 11) is -4.26. The lowest BCUT2D eigenvalue weighted by Gasteiger charge is -1.92. The fourth-order valence-electron chi connectivity index (χ4n) is 0.278. The second-order valence-electron chi connectivity index (χ2n) is 1.27. The van der Waals surface area contributed by atoms with Crippen LogP contribution in [-0.2, 0) is 4.57 Å². The summed E-state index contributed by atoms with van der Waals surface area (Å²) in [5, 5.41) is 10.9. The van der Waals surface area contributed by atoms with Gasteiger partial charge in [0.15, 0.2) is 0 Å². The average molecular weight is 150 g/mol. The number of H-pyrrole nitrogens is 1. The molecule has 1 heterocycles. The van der Waals surface area contributed by atoms with Gasteiger partial charge >= 0.3 is 7.60 Å². The molecular formula is CH3N4O3P. The van der Waals surface area contributed by atoms with E-state index >= 15 is 0 Å². The van der Waals surface area contributed by atoms with Crippen molar-refractivity contribution < 1.29 is 14.4 Å². The van der Waals surface area contributed by atoms with Crippen LogP contribution in [0.4, 0.5) is 0 Å². The molecule has 0 amide bonds. The highest BCUT2D eigenvalue weighted by Gasteiger charge is 2.20. The number of aromatic nitrogens is 4. The fraction of sp³-hybridized carbons (Fsp3) is 0. The first-order valence-electron chi connectivity index (χ1n) is 1.90. The van der Waals surface area contributed by atoms with Gasteiger partial charge in [0.2, 0.25) is 0 Å². The van der Waals surface area contributed by atoms with Crippen molar-refractivity contribution >= 4 is 13.2 Å². The molecule has 0 unspecified atom stereocenters. The van der Waals surface area contributed by atoms with Crippen molar-refractivity contribution in [1.29, 1.82) is 0 Å². The number of aromatic amines is 1. The van der Waals surface area contributed by atoms with Crippen molar-refractivity contribution in [3.05, 3.63) is 0 Å². The Morgan fingerprint density at radius 3 is 2.44 bits per heavy atom. The minimum atomic E-state index is -4.26. The molecule has 0 bridgehead atoms. The summed E-state index contributed by atoms with van der Waals surface area (Å²) in [6.07, 6.45) is 0. The van der Waals surface area contributed by atoms with Gasteiger partial charge in [-0.2, -0.15) is 0 Å². The van der Waals surface area contributed by atoms with Gasteiger partial charge in [0.1, 0.15) is 0 Å². The molecule has 1 rings (SSSR count). The topological polar surface area (TPSA) is 112 Å². The molecule has 8 heteroatoms. The SMILES string of the molecule is O=P(O)(O)c1nnn[nH]1. The number of tetrazole rings is 1. The molecule has 0 atom stereocenters. The van der Waals surface area contributed by atoms with Crippen molar-refractivity contribution in [3.63, 3.8) is 0 Å². The van der Waals surface area contributed by atoms with E-state index < -0.39 is 13.2 Å². The van der Waals surface area contributed by atoms with Crippen LogP contribution < -0.4 is 5.57 Å². The standard InChI is InChI=1S/CH3N4O3P/c6-9(7,8)1-2-4-5-3-1/h(H2,6,7,8)(H,2,3,4,5). The lowest BCUT2D eigenvalue weighted by atomic mass is 11.4.